The average molecular weight is 250 g/mol. The topological polar surface area (TPSA) is 0 Å². The van der Waals surface area contributed by atoms with Crippen LogP contribution >= 0.6 is 0 Å². The first kappa shape index (κ1) is 12.5. The van der Waals surface area contributed by atoms with Crippen LogP contribution in [0.25, 0.3) is 16.8 Å². The van der Waals surface area contributed by atoms with Crippen molar-refractivity contribution in [2.45, 2.75) is 45.4 Å². The number of hydrogen-bond acceptors (Lipinski definition) is 0. The van der Waals surface area contributed by atoms with Gasteiger partial charge in [-0.05, 0) is 34.7 Å². The molecule has 0 heterocycles. The number of benzene rings is 2. The van der Waals surface area contributed by atoms with Crippen molar-refractivity contribution in [3.63, 3.8) is 0 Å². The molecule has 2 aromatic carbocycles. The molecule has 0 amide bonds. The summed E-state index contributed by atoms with van der Waals surface area (Å²) >= 11 is 0. The Hall–Kier alpha value is -1.56. The van der Waals surface area contributed by atoms with Gasteiger partial charge in [-0.25, -0.2) is 0 Å². The van der Waals surface area contributed by atoms with Crippen molar-refractivity contribution < 1.29 is 0 Å². The van der Waals surface area contributed by atoms with E-state index < -0.39 is 0 Å². The third-order valence-corrected chi connectivity index (χ3v) is 4.25. The molecule has 0 saturated carbocycles. The van der Waals surface area contributed by atoms with Crippen molar-refractivity contribution >= 4 is 16.8 Å². The van der Waals surface area contributed by atoms with E-state index in [9.17, 15) is 0 Å². The number of rotatable bonds is 4. The van der Waals surface area contributed by atoms with Gasteiger partial charge in [0, 0.05) is 5.92 Å². The number of allylic oxidation sites excluding steroid dienone is 1. The van der Waals surface area contributed by atoms with Gasteiger partial charge in [-0.15, -0.1) is 0 Å². The predicted octanol–water partition coefficient (Wildman–Crippen LogP) is 5.92. The molecule has 98 valence electrons. The van der Waals surface area contributed by atoms with Crippen molar-refractivity contribution in [2.24, 2.45) is 0 Å². The fraction of sp³-hybridized carbons (Fsp3) is 0.368. The zero-order valence-electron chi connectivity index (χ0n) is 11.9. The molecule has 3 rings (SSSR count). The quantitative estimate of drug-likeness (QED) is 0.631. The van der Waals surface area contributed by atoms with Gasteiger partial charge in [0.25, 0.3) is 0 Å². The maximum Gasteiger partial charge on any atom is 0.00577 e. The Morgan fingerprint density at radius 2 is 1.74 bits per heavy atom. The van der Waals surface area contributed by atoms with Crippen LogP contribution in [0.5, 0.6) is 0 Å². The molecule has 2 aromatic rings. The molecule has 0 aromatic heterocycles. The molecule has 0 saturated heterocycles. The van der Waals surface area contributed by atoms with Gasteiger partial charge in [-0.2, -0.15) is 0 Å². The second kappa shape index (κ2) is 5.21. The van der Waals surface area contributed by atoms with E-state index in [0.29, 0.717) is 5.92 Å². The van der Waals surface area contributed by atoms with Gasteiger partial charge in [0.2, 0.25) is 0 Å². The van der Waals surface area contributed by atoms with Crippen LogP contribution in [0.2, 0.25) is 0 Å². The Kier molecular flexibility index (Phi) is 3.42. The summed E-state index contributed by atoms with van der Waals surface area (Å²) in [5.74, 6) is 0.642. The zero-order chi connectivity index (χ0) is 13.2. The van der Waals surface area contributed by atoms with E-state index in [1.165, 1.54) is 42.0 Å². The fourth-order valence-electron chi connectivity index (χ4n) is 3.48. The van der Waals surface area contributed by atoms with E-state index in [-0.39, 0.29) is 0 Å². The van der Waals surface area contributed by atoms with Gasteiger partial charge in [-0.1, -0.05) is 74.7 Å². The molecular formula is C19H22. The molecule has 0 fully saturated rings. The Balaban J connectivity index is 2.22. The third kappa shape index (κ3) is 2.10. The Morgan fingerprint density at radius 1 is 0.947 bits per heavy atom. The smallest absolute Gasteiger partial charge is 0.00577 e. The molecule has 0 spiro atoms. The summed E-state index contributed by atoms with van der Waals surface area (Å²) in [6, 6.07) is 13.5. The zero-order valence-corrected chi connectivity index (χ0v) is 11.9. The average Bonchev–Trinajstić information content (AvgIpc) is 2.43. The van der Waals surface area contributed by atoms with Gasteiger partial charge in [0.15, 0.2) is 0 Å². The van der Waals surface area contributed by atoms with Crippen molar-refractivity contribution in [1.29, 1.82) is 0 Å². The summed E-state index contributed by atoms with van der Waals surface area (Å²) in [4.78, 5) is 0. The molecular weight excluding hydrogens is 228 g/mol. The first-order valence-electron chi connectivity index (χ1n) is 7.57. The minimum absolute atomic E-state index is 0.642. The second-order valence-corrected chi connectivity index (χ2v) is 5.60. The van der Waals surface area contributed by atoms with E-state index >= 15 is 0 Å². The van der Waals surface area contributed by atoms with Crippen LogP contribution in [0.4, 0.5) is 0 Å². The number of hydrogen-bond donors (Lipinski definition) is 0. The van der Waals surface area contributed by atoms with Crippen LogP contribution in [0, 0.1) is 0 Å². The van der Waals surface area contributed by atoms with Gasteiger partial charge in [0.05, 0.1) is 0 Å². The molecule has 0 aliphatic heterocycles. The normalized spacial score (nSPS) is 17.6. The molecule has 1 aliphatic carbocycles. The monoisotopic (exact) mass is 250 g/mol. The minimum atomic E-state index is 0.642. The Labute approximate surface area is 116 Å². The minimum Gasteiger partial charge on any atom is -0.0653 e. The highest BCUT2D eigenvalue weighted by molar-refractivity contribution is 5.96. The summed E-state index contributed by atoms with van der Waals surface area (Å²) < 4.78 is 0. The highest BCUT2D eigenvalue weighted by Crippen LogP contribution is 2.42. The first-order chi connectivity index (χ1) is 9.35. The summed E-state index contributed by atoms with van der Waals surface area (Å²) in [7, 11) is 0. The van der Waals surface area contributed by atoms with Crippen LogP contribution in [0.1, 0.15) is 56.6 Å². The Morgan fingerprint density at radius 3 is 2.47 bits per heavy atom. The first-order valence-corrected chi connectivity index (χ1v) is 7.57. The lowest BCUT2D eigenvalue weighted by atomic mass is 9.77. The van der Waals surface area contributed by atoms with Crippen molar-refractivity contribution in [2.75, 3.05) is 0 Å². The molecule has 0 heteroatoms. The van der Waals surface area contributed by atoms with Crippen molar-refractivity contribution in [3.05, 3.63) is 53.1 Å². The van der Waals surface area contributed by atoms with Gasteiger partial charge in [0.1, 0.15) is 0 Å². The summed E-state index contributed by atoms with van der Waals surface area (Å²) in [6.07, 6.45) is 7.46. The van der Waals surface area contributed by atoms with Crippen molar-refractivity contribution in [1.82, 2.24) is 0 Å². The summed E-state index contributed by atoms with van der Waals surface area (Å²) in [6.45, 7) is 4.58. The fourth-order valence-corrected chi connectivity index (χ4v) is 3.48. The van der Waals surface area contributed by atoms with E-state index in [0.717, 1.165) is 0 Å². The second-order valence-electron chi connectivity index (χ2n) is 5.60. The highest BCUT2D eigenvalue weighted by Gasteiger charge is 2.22. The van der Waals surface area contributed by atoms with Gasteiger partial charge in [-0.3, -0.25) is 0 Å². The lowest BCUT2D eigenvalue weighted by Crippen LogP contribution is -2.08. The lowest BCUT2D eigenvalue weighted by Gasteiger charge is -2.27. The van der Waals surface area contributed by atoms with Crippen LogP contribution in [-0.2, 0) is 0 Å². The van der Waals surface area contributed by atoms with Crippen LogP contribution in [-0.4, -0.2) is 0 Å². The SMILES string of the molecule is CCCC1=Cc2cccc3cccc(c23)C1CCC. The Bertz CT molecular complexity index is 614. The third-order valence-electron chi connectivity index (χ3n) is 4.25. The molecule has 1 atom stereocenters. The largest absolute Gasteiger partial charge is 0.0653 e. The van der Waals surface area contributed by atoms with Crippen LogP contribution < -0.4 is 0 Å². The molecule has 0 nitrogen and oxygen atoms in total. The molecule has 1 unspecified atom stereocenters. The van der Waals surface area contributed by atoms with E-state index in [1.807, 2.05) is 0 Å². The summed E-state index contributed by atoms with van der Waals surface area (Å²) in [5.41, 5.74) is 4.61. The molecule has 0 radical (unpaired) electrons. The van der Waals surface area contributed by atoms with Crippen LogP contribution in [0.15, 0.2) is 42.0 Å². The van der Waals surface area contributed by atoms with Gasteiger partial charge < -0.3 is 0 Å². The van der Waals surface area contributed by atoms with Gasteiger partial charge >= 0.3 is 0 Å². The maximum absolute atomic E-state index is 2.46. The molecule has 0 bridgehead atoms. The summed E-state index contributed by atoms with van der Waals surface area (Å²) in [5, 5.41) is 2.88. The molecule has 1 aliphatic rings. The van der Waals surface area contributed by atoms with E-state index in [1.54, 1.807) is 11.1 Å². The van der Waals surface area contributed by atoms with Crippen molar-refractivity contribution in [3.8, 4) is 0 Å². The van der Waals surface area contributed by atoms with E-state index in [4.69, 9.17) is 0 Å². The molecule has 0 N–H and O–H groups in total. The molecule has 19 heavy (non-hydrogen) atoms. The van der Waals surface area contributed by atoms with E-state index in [2.05, 4.69) is 56.3 Å². The van der Waals surface area contributed by atoms with Crippen LogP contribution in [0.3, 0.4) is 0 Å². The lowest BCUT2D eigenvalue weighted by molar-refractivity contribution is 0.659. The maximum atomic E-state index is 2.46. The highest BCUT2D eigenvalue weighted by atomic mass is 14.3. The predicted molar refractivity (Wildman–Crippen MR) is 84.5 cm³/mol. The standard InChI is InChI=1S/C19H22/c1-3-7-15-13-16-11-5-9-14-10-6-12-18(19(14)16)17(15)8-4-2/h5-6,9-13,17H,3-4,7-8H2,1-2H3.